The number of fused-ring (bicyclic) bond motifs is 2. The number of nitrogens with zero attached hydrogens (tertiary/aromatic N) is 2. The lowest BCUT2D eigenvalue weighted by Crippen LogP contribution is -2.11. The van der Waals surface area contributed by atoms with E-state index in [4.69, 9.17) is 8.83 Å². The third kappa shape index (κ3) is 4.11. The fourth-order valence-electron chi connectivity index (χ4n) is 3.02. The Morgan fingerprint density at radius 3 is 1.88 bits per heavy atom. The molecule has 0 N–H and O–H groups in total. The van der Waals surface area contributed by atoms with Crippen LogP contribution in [0.2, 0.25) is 0 Å². The van der Waals surface area contributed by atoms with E-state index in [0.29, 0.717) is 37.5 Å². The molecule has 0 aromatic carbocycles. The molecule has 2 aromatic heterocycles. The SMILES string of the molecule is CC(C)c1nc2c(o1)CC(=O)CC2.CC(C)c1nc2c(o1)CCC(=O)C2. The second kappa shape index (κ2) is 7.56. The van der Waals surface area contributed by atoms with E-state index in [9.17, 15) is 9.59 Å². The number of carbonyl (C=O) groups excluding carboxylic acids is 2. The average molecular weight is 358 g/mol. The van der Waals surface area contributed by atoms with Crippen molar-refractivity contribution in [2.45, 2.75) is 78.1 Å². The molecule has 0 spiro atoms. The maximum Gasteiger partial charge on any atom is 0.197 e. The van der Waals surface area contributed by atoms with E-state index in [1.54, 1.807) is 0 Å². The van der Waals surface area contributed by atoms with Gasteiger partial charge in [0.05, 0.1) is 24.2 Å². The smallest absolute Gasteiger partial charge is 0.197 e. The summed E-state index contributed by atoms with van der Waals surface area (Å²) < 4.78 is 11.1. The number of aryl methyl sites for hydroxylation is 2. The van der Waals surface area contributed by atoms with E-state index < -0.39 is 0 Å². The van der Waals surface area contributed by atoms with Gasteiger partial charge in [-0.05, 0) is 0 Å². The summed E-state index contributed by atoms with van der Waals surface area (Å²) in [5.74, 6) is 4.39. The summed E-state index contributed by atoms with van der Waals surface area (Å²) >= 11 is 0. The van der Waals surface area contributed by atoms with Gasteiger partial charge in [-0.1, -0.05) is 27.7 Å². The molecule has 2 heterocycles. The predicted molar refractivity (Wildman–Crippen MR) is 95.2 cm³/mol. The fourth-order valence-corrected chi connectivity index (χ4v) is 3.02. The molecule has 26 heavy (non-hydrogen) atoms. The van der Waals surface area contributed by atoms with Crippen LogP contribution in [0.25, 0.3) is 0 Å². The minimum atomic E-state index is 0.263. The van der Waals surface area contributed by atoms with Crippen molar-refractivity contribution >= 4 is 11.6 Å². The van der Waals surface area contributed by atoms with Crippen LogP contribution in [0.15, 0.2) is 8.83 Å². The number of carbonyl (C=O) groups is 2. The van der Waals surface area contributed by atoms with Crippen LogP contribution >= 0.6 is 0 Å². The topological polar surface area (TPSA) is 86.2 Å². The van der Waals surface area contributed by atoms with E-state index in [1.165, 1.54) is 0 Å². The number of aromatic nitrogens is 2. The first-order valence-corrected chi connectivity index (χ1v) is 9.33. The highest BCUT2D eigenvalue weighted by Crippen LogP contribution is 2.24. The number of Topliss-reactive ketones (excluding diaryl/α,β-unsaturated/α-hetero) is 2. The second-order valence-corrected chi connectivity index (χ2v) is 7.58. The third-order valence-corrected chi connectivity index (χ3v) is 4.57. The van der Waals surface area contributed by atoms with E-state index in [2.05, 4.69) is 9.97 Å². The Morgan fingerprint density at radius 2 is 1.23 bits per heavy atom. The Morgan fingerprint density at radius 1 is 0.692 bits per heavy atom. The van der Waals surface area contributed by atoms with Crippen LogP contribution in [0, 0.1) is 0 Å². The average Bonchev–Trinajstić information content (AvgIpc) is 3.18. The highest BCUT2D eigenvalue weighted by atomic mass is 16.4. The van der Waals surface area contributed by atoms with Crippen LogP contribution in [-0.4, -0.2) is 21.5 Å². The van der Waals surface area contributed by atoms with Gasteiger partial charge in [0.1, 0.15) is 23.1 Å². The quantitative estimate of drug-likeness (QED) is 0.813. The predicted octanol–water partition coefficient (Wildman–Crippen LogP) is 3.71. The summed E-state index contributed by atoms with van der Waals surface area (Å²) in [6, 6.07) is 0. The van der Waals surface area contributed by atoms with E-state index >= 15 is 0 Å². The molecular formula is C20H26N2O4. The van der Waals surface area contributed by atoms with E-state index in [0.717, 1.165) is 47.5 Å². The minimum Gasteiger partial charge on any atom is -0.445 e. The van der Waals surface area contributed by atoms with Crippen molar-refractivity contribution < 1.29 is 18.4 Å². The summed E-state index contributed by atoms with van der Waals surface area (Å²) in [7, 11) is 0. The first-order chi connectivity index (χ1) is 12.3. The van der Waals surface area contributed by atoms with Gasteiger partial charge in [0, 0.05) is 37.5 Å². The Bertz CT molecular complexity index is 746. The van der Waals surface area contributed by atoms with Gasteiger partial charge in [-0.25, -0.2) is 9.97 Å². The van der Waals surface area contributed by atoms with Crippen LogP contribution < -0.4 is 0 Å². The molecule has 0 fully saturated rings. The zero-order valence-corrected chi connectivity index (χ0v) is 15.9. The molecule has 6 heteroatoms. The first-order valence-electron chi connectivity index (χ1n) is 9.33. The summed E-state index contributed by atoms with van der Waals surface area (Å²) in [5, 5.41) is 0. The van der Waals surface area contributed by atoms with Gasteiger partial charge in [-0.3, -0.25) is 9.59 Å². The largest absolute Gasteiger partial charge is 0.445 e. The maximum absolute atomic E-state index is 11.1. The van der Waals surface area contributed by atoms with Crippen LogP contribution in [0.4, 0.5) is 0 Å². The zero-order valence-electron chi connectivity index (χ0n) is 15.9. The highest BCUT2D eigenvalue weighted by molar-refractivity contribution is 5.82. The summed E-state index contributed by atoms with van der Waals surface area (Å²) in [6.45, 7) is 8.16. The molecule has 140 valence electrons. The van der Waals surface area contributed by atoms with Crippen molar-refractivity contribution in [3.05, 3.63) is 34.7 Å². The molecule has 0 aliphatic heterocycles. The number of rotatable bonds is 2. The first kappa shape index (κ1) is 18.5. The fraction of sp³-hybridized carbons (Fsp3) is 0.600. The lowest BCUT2D eigenvalue weighted by molar-refractivity contribution is -0.119. The van der Waals surface area contributed by atoms with Crippen molar-refractivity contribution in [2.75, 3.05) is 0 Å². The minimum absolute atomic E-state index is 0.263. The zero-order chi connectivity index (χ0) is 18.8. The van der Waals surface area contributed by atoms with E-state index in [1.807, 2.05) is 27.7 Å². The summed E-state index contributed by atoms with van der Waals surface area (Å²) in [5.41, 5.74) is 1.85. The molecule has 0 unspecified atom stereocenters. The monoisotopic (exact) mass is 358 g/mol. The maximum atomic E-state index is 11.1. The molecular weight excluding hydrogens is 332 g/mol. The summed E-state index contributed by atoms with van der Waals surface area (Å²) in [4.78, 5) is 30.9. The molecule has 4 rings (SSSR count). The standard InChI is InChI=1S/2C10H13NO2/c1-6(2)10-11-8-5-7(12)3-4-9(8)13-10;1-6(2)10-11-8-4-3-7(12)5-9(8)13-10/h2*6H,3-5H2,1-2H3. The second-order valence-electron chi connectivity index (χ2n) is 7.58. The third-order valence-electron chi connectivity index (χ3n) is 4.57. The van der Waals surface area contributed by atoms with Gasteiger partial charge in [0.25, 0.3) is 0 Å². The molecule has 0 atom stereocenters. The number of ketones is 2. The highest BCUT2D eigenvalue weighted by Gasteiger charge is 2.23. The van der Waals surface area contributed by atoms with Crippen molar-refractivity contribution in [2.24, 2.45) is 0 Å². The van der Waals surface area contributed by atoms with Gasteiger partial charge in [0.15, 0.2) is 11.8 Å². The van der Waals surface area contributed by atoms with Gasteiger partial charge in [0.2, 0.25) is 0 Å². The van der Waals surface area contributed by atoms with E-state index in [-0.39, 0.29) is 11.6 Å². The Hall–Kier alpha value is -2.24. The molecule has 2 aliphatic carbocycles. The van der Waals surface area contributed by atoms with Gasteiger partial charge >= 0.3 is 0 Å². The lowest BCUT2D eigenvalue weighted by atomic mass is 10.0. The van der Waals surface area contributed by atoms with Crippen molar-refractivity contribution in [1.29, 1.82) is 0 Å². The molecule has 0 radical (unpaired) electrons. The lowest BCUT2D eigenvalue weighted by Gasteiger charge is -2.05. The van der Waals surface area contributed by atoms with Gasteiger partial charge in [-0.2, -0.15) is 0 Å². The summed E-state index contributed by atoms with van der Waals surface area (Å²) in [6.07, 6.45) is 3.62. The molecule has 6 nitrogen and oxygen atoms in total. The number of hydrogen-bond donors (Lipinski definition) is 0. The molecule has 2 aliphatic rings. The molecule has 0 saturated heterocycles. The molecule has 0 saturated carbocycles. The Labute approximate surface area is 153 Å². The van der Waals surface area contributed by atoms with Crippen molar-refractivity contribution in [3.8, 4) is 0 Å². The van der Waals surface area contributed by atoms with Crippen LogP contribution in [0.3, 0.4) is 0 Å². The van der Waals surface area contributed by atoms with Crippen LogP contribution in [0.1, 0.15) is 87.1 Å². The normalized spacial score (nSPS) is 16.4. The number of oxazole rings is 2. The molecule has 0 bridgehead atoms. The Kier molecular flexibility index (Phi) is 5.39. The Balaban J connectivity index is 0.000000151. The van der Waals surface area contributed by atoms with Crippen molar-refractivity contribution in [3.63, 3.8) is 0 Å². The molecule has 0 amide bonds. The number of hydrogen-bond acceptors (Lipinski definition) is 6. The van der Waals surface area contributed by atoms with Gasteiger partial charge < -0.3 is 8.83 Å². The van der Waals surface area contributed by atoms with Crippen LogP contribution in [-0.2, 0) is 35.3 Å². The van der Waals surface area contributed by atoms with Crippen molar-refractivity contribution in [1.82, 2.24) is 9.97 Å². The van der Waals surface area contributed by atoms with Gasteiger partial charge in [-0.15, -0.1) is 0 Å². The van der Waals surface area contributed by atoms with Crippen LogP contribution in [0.5, 0.6) is 0 Å². The molecule has 2 aromatic rings.